The van der Waals surface area contributed by atoms with Crippen molar-refractivity contribution in [3.8, 4) is 5.88 Å². The van der Waals surface area contributed by atoms with E-state index in [4.69, 9.17) is 9.47 Å². The second-order valence-electron chi connectivity index (χ2n) is 5.90. The molecule has 128 valence electrons. The summed E-state index contributed by atoms with van der Waals surface area (Å²) in [5.74, 6) is 1.41. The van der Waals surface area contributed by atoms with Gasteiger partial charge in [-0.15, -0.1) is 0 Å². The molecule has 3 heterocycles. The van der Waals surface area contributed by atoms with E-state index in [9.17, 15) is 4.79 Å². The highest BCUT2D eigenvalue weighted by molar-refractivity contribution is 5.94. The summed E-state index contributed by atoms with van der Waals surface area (Å²) in [6.07, 6.45) is 4.32. The molecule has 0 radical (unpaired) electrons. The predicted molar refractivity (Wildman–Crippen MR) is 88.0 cm³/mol. The molecule has 7 heteroatoms. The number of pyridine rings is 1. The van der Waals surface area contributed by atoms with E-state index in [1.807, 2.05) is 18.0 Å². The van der Waals surface area contributed by atoms with Crippen molar-refractivity contribution in [1.82, 2.24) is 19.4 Å². The summed E-state index contributed by atoms with van der Waals surface area (Å²) < 4.78 is 12.4. The zero-order chi connectivity index (χ0) is 17.1. The van der Waals surface area contributed by atoms with Crippen LogP contribution in [0.2, 0.25) is 0 Å². The van der Waals surface area contributed by atoms with Gasteiger partial charge in [0, 0.05) is 44.4 Å². The van der Waals surface area contributed by atoms with Crippen LogP contribution in [0.3, 0.4) is 0 Å². The fourth-order valence-corrected chi connectivity index (χ4v) is 3.18. The Kier molecular flexibility index (Phi) is 4.80. The van der Waals surface area contributed by atoms with Crippen LogP contribution < -0.4 is 4.74 Å². The van der Waals surface area contributed by atoms with Gasteiger partial charge >= 0.3 is 0 Å². The van der Waals surface area contributed by atoms with Gasteiger partial charge in [0.1, 0.15) is 12.4 Å². The molecule has 1 unspecified atom stereocenters. The summed E-state index contributed by atoms with van der Waals surface area (Å²) >= 11 is 0. The SMILES string of the molecule is COCc1ncc(C)n1C1CCN(C(=O)c2ccc(OC)nc2)C1. The quantitative estimate of drug-likeness (QED) is 0.836. The fourth-order valence-electron chi connectivity index (χ4n) is 3.18. The van der Waals surface area contributed by atoms with Gasteiger partial charge in [0.15, 0.2) is 0 Å². The number of hydrogen-bond acceptors (Lipinski definition) is 5. The van der Waals surface area contributed by atoms with Crippen LogP contribution >= 0.6 is 0 Å². The minimum atomic E-state index is -0.00119. The van der Waals surface area contributed by atoms with Crippen LogP contribution in [0.5, 0.6) is 5.88 Å². The van der Waals surface area contributed by atoms with E-state index in [-0.39, 0.29) is 11.9 Å². The molecule has 0 spiro atoms. The molecule has 0 N–H and O–H groups in total. The Morgan fingerprint density at radius 2 is 2.12 bits per heavy atom. The largest absolute Gasteiger partial charge is 0.481 e. The number of methoxy groups -OCH3 is 2. The molecule has 0 bridgehead atoms. The monoisotopic (exact) mass is 330 g/mol. The number of imidazole rings is 1. The standard InChI is InChI=1S/C17H22N4O3/c1-12-8-18-15(11-23-2)21(12)14-6-7-20(10-14)17(22)13-4-5-16(24-3)19-9-13/h4-5,8-9,14H,6-7,10-11H2,1-3H3. The maximum atomic E-state index is 12.7. The average molecular weight is 330 g/mol. The summed E-state index contributed by atoms with van der Waals surface area (Å²) in [4.78, 5) is 23.0. The lowest BCUT2D eigenvalue weighted by Crippen LogP contribution is -2.29. The van der Waals surface area contributed by atoms with Gasteiger partial charge in [-0.05, 0) is 19.4 Å². The lowest BCUT2D eigenvalue weighted by atomic mass is 10.2. The summed E-state index contributed by atoms with van der Waals surface area (Å²) in [6.45, 7) is 3.89. The normalized spacial score (nSPS) is 17.3. The molecule has 24 heavy (non-hydrogen) atoms. The summed E-state index contributed by atoms with van der Waals surface area (Å²) in [7, 11) is 3.22. The number of amides is 1. The second-order valence-corrected chi connectivity index (χ2v) is 5.90. The smallest absolute Gasteiger partial charge is 0.255 e. The molecule has 0 aliphatic carbocycles. The molecule has 0 aromatic carbocycles. The zero-order valence-corrected chi connectivity index (χ0v) is 14.2. The molecular formula is C17H22N4O3. The number of hydrogen-bond donors (Lipinski definition) is 0. The van der Waals surface area contributed by atoms with E-state index in [0.29, 0.717) is 24.6 Å². The van der Waals surface area contributed by atoms with Gasteiger partial charge in [0.25, 0.3) is 5.91 Å². The topological polar surface area (TPSA) is 69.5 Å². The Bertz CT molecular complexity index is 711. The first-order valence-corrected chi connectivity index (χ1v) is 7.95. The molecule has 1 aliphatic rings. The number of carbonyl (C=O) groups excluding carboxylic acids is 1. The van der Waals surface area contributed by atoms with Crippen LogP contribution in [-0.4, -0.2) is 52.7 Å². The van der Waals surface area contributed by atoms with Crippen molar-refractivity contribution in [1.29, 1.82) is 0 Å². The van der Waals surface area contributed by atoms with E-state index >= 15 is 0 Å². The van der Waals surface area contributed by atoms with Crippen LogP contribution in [0, 0.1) is 6.92 Å². The first kappa shape index (κ1) is 16.4. The fraction of sp³-hybridized carbons (Fsp3) is 0.471. The van der Waals surface area contributed by atoms with Gasteiger partial charge in [0.05, 0.1) is 18.7 Å². The zero-order valence-electron chi connectivity index (χ0n) is 14.2. The average Bonchev–Trinajstić information content (AvgIpc) is 3.21. The van der Waals surface area contributed by atoms with Gasteiger partial charge < -0.3 is 18.9 Å². The number of ether oxygens (including phenoxy) is 2. The van der Waals surface area contributed by atoms with Gasteiger partial charge in [0.2, 0.25) is 5.88 Å². The van der Waals surface area contributed by atoms with E-state index < -0.39 is 0 Å². The number of likely N-dealkylation sites (tertiary alicyclic amines) is 1. The summed E-state index contributed by atoms with van der Waals surface area (Å²) in [6, 6.07) is 3.69. The third kappa shape index (κ3) is 3.12. The first-order valence-electron chi connectivity index (χ1n) is 7.95. The third-order valence-electron chi connectivity index (χ3n) is 4.34. The highest BCUT2D eigenvalue weighted by Gasteiger charge is 2.30. The van der Waals surface area contributed by atoms with Crippen molar-refractivity contribution in [2.75, 3.05) is 27.3 Å². The molecule has 1 atom stereocenters. The Balaban J connectivity index is 1.73. The molecule has 1 fully saturated rings. The minimum absolute atomic E-state index is 0.00119. The Labute approximate surface area is 141 Å². The van der Waals surface area contributed by atoms with E-state index in [1.165, 1.54) is 0 Å². The highest BCUT2D eigenvalue weighted by atomic mass is 16.5. The first-order chi connectivity index (χ1) is 11.6. The Hall–Kier alpha value is -2.41. The Morgan fingerprint density at radius 1 is 1.29 bits per heavy atom. The van der Waals surface area contributed by atoms with Crippen molar-refractivity contribution in [3.63, 3.8) is 0 Å². The lowest BCUT2D eigenvalue weighted by Gasteiger charge is -2.19. The summed E-state index contributed by atoms with van der Waals surface area (Å²) in [5.41, 5.74) is 1.67. The van der Waals surface area contributed by atoms with Crippen LogP contribution in [0.25, 0.3) is 0 Å². The van der Waals surface area contributed by atoms with Gasteiger partial charge in [-0.3, -0.25) is 4.79 Å². The maximum absolute atomic E-state index is 12.7. The molecule has 1 saturated heterocycles. The molecule has 7 nitrogen and oxygen atoms in total. The van der Waals surface area contributed by atoms with E-state index in [0.717, 1.165) is 24.5 Å². The number of carbonyl (C=O) groups is 1. The van der Waals surface area contributed by atoms with Crippen LogP contribution in [0.15, 0.2) is 24.5 Å². The summed E-state index contributed by atoms with van der Waals surface area (Å²) in [5, 5.41) is 0. The number of aryl methyl sites for hydroxylation is 1. The maximum Gasteiger partial charge on any atom is 0.255 e. The second kappa shape index (κ2) is 7.00. The minimum Gasteiger partial charge on any atom is -0.481 e. The molecule has 3 rings (SSSR count). The van der Waals surface area contributed by atoms with Crippen molar-refractivity contribution >= 4 is 5.91 Å². The van der Waals surface area contributed by atoms with Crippen molar-refractivity contribution < 1.29 is 14.3 Å². The number of rotatable bonds is 5. The van der Waals surface area contributed by atoms with E-state index in [1.54, 1.807) is 32.5 Å². The number of nitrogens with zero attached hydrogens (tertiary/aromatic N) is 4. The van der Waals surface area contributed by atoms with Crippen molar-refractivity contribution in [3.05, 3.63) is 41.6 Å². The molecule has 2 aromatic heterocycles. The van der Waals surface area contributed by atoms with Gasteiger partial charge in [-0.25, -0.2) is 9.97 Å². The highest BCUT2D eigenvalue weighted by Crippen LogP contribution is 2.26. The van der Waals surface area contributed by atoms with Crippen molar-refractivity contribution in [2.24, 2.45) is 0 Å². The molecule has 1 amide bonds. The molecule has 0 saturated carbocycles. The van der Waals surface area contributed by atoms with E-state index in [2.05, 4.69) is 14.5 Å². The molecule has 1 aliphatic heterocycles. The third-order valence-corrected chi connectivity index (χ3v) is 4.34. The molecular weight excluding hydrogens is 308 g/mol. The molecule has 2 aromatic rings. The van der Waals surface area contributed by atoms with Gasteiger partial charge in [-0.1, -0.05) is 0 Å². The van der Waals surface area contributed by atoms with Crippen LogP contribution in [-0.2, 0) is 11.3 Å². The predicted octanol–water partition coefficient (Wildman–Crippen LogP) is 1.83. The van der Waals surface area contributed by atoms with Gasteiger partial charge in [-0.2, -0.15) is 0 Å². The lowest BCUT2D eigenvalue weighted by molar-refractivity contribution is 0.0786. The number of aromatic nitrogens is 3. The van der Waals surface area contributed by atoms with Crippen LogP contribution in [0.1, 0.15) is 34.3 Å². The van der Waals surface area contributed by atoms with Crippen LogP contribution in [0.4, 0.5) is 0 Å². The van der Waals surface area contributed by atoms with Crippen molar-refractivity contribution in [2.45, 2.75) is 26.0 Å². The Morgan fingerprint density at radius 3 is 2.79 bits per heavy atom.